The standard InChI is InChI=1S/C15H11BrClF2NO3/c16-9-5-6-12(10(17)7-9)22-8-14(21)20-11-3-1-2-4-13(11)23-15(18)19/h1-7,15H,8H2,(H,20,21). The maximum atomic E-state index is 12.3. The lowest BCUT2D eigenvalue weighted by atomic mass is 10.3. The maximum absolute atomic E-state index is 12.3. The molecular weight excluding hydrogens is 396 g/mol. The van der Waals surface area contributed by atoms with Crippen molar-refractivity contribution in [1.82, 2.24) is 0 Å². The van der Waals surface area contributed by atoms with Crippen LogP contribution in [-0.4, -0.2) is 19.1 Å². The zero-order chi connectivity index (χ0) is 16.8. The fraction of sp³-hybridized carbons (Fsp3) is 0.133. The molecule has 1 N–H and O–H groups in total. The Balaban J connectivity index is 1.97. The van der Waals surface area contributed by atoms with Gasteiger partial charge >= 0.3 is 6.61 Å². The fourth-order valence-electron chi connectivity index (χ4n) is 1.69. The van der Waals surface area contributed by atoms with Gasteiger partial charge in [0.2, 0.25) is 0 Å². The number of amides is 1. The van der Waals surface area contributed by atoms with Crippen LogP contribution in [0.5, 0.6) is 11.5 Å². The van der Waals surface area contributed by atoms with Gasteiger partial charge in [-0.1, -0.05) is 39.7 Å². The molecule has 2 aromatic rings. The van der Waals surface area contributed by atoms with Gasteiger partial charge in [0.15, 0.2) is 6.61 Å². The van der Waals surface area contributed by atoms with Crippen molar-refractivity contribution in [2.45, 2.75) is 6.61 Å². The predicted molar refractivity (Wildman–Crippen MR) is 86.4 cm³/mol. The van der Waals surface area contributed by atoms with E-state index in [1.54, 1.807) is 24.3 Å². The first-order valence-electron chi connectivity index (χ1n) is 6.37. The van der Waals surface area contributed by atoms with Gasteiger partial charge in [0, 0.05) is 4.47 Å². The highest BCUT2D eigenvalue weighted by Gasteiger charge is 2.12. The molecule has 2 rings (SSSR count). The van der Waals surface area contributed by atoms with E-state index in [1.165, 1.54) is 18.2 Å². The molecule has 0 atom stereocenters. The zero-order valence-electron chi connectivity index (χ0n) is 11.6. The Morgan fingerprint density at radius 2 is 1.96 bits per heavy atom. The summed E-state index contributed by atoms with van der Waals surface area (Å²) in [5.41, 5.74) is 0.128. The van der Waals surface area contributed by atoms with Crippen LogP contribution in [0.25, 0.3) is 0 Å². The van der Waals surface area contributed by atoms with Gasteiger partial charge in [0.05, 0.1) is 10.7 Å². The van der Waals surface area contributed by atoms with Crippen LogP contribution in [-0.2, 0) is 4.79 Å². The molecule has 0 heterocycles. The first kappa shape index (κ1) is 17.5. The van der Waals surface area contributed by atoms with Crippen molar-refractivity contribution in [3.05, 3.63) is 52.0 Å². The molecule has 0 saturated carbocycles. The molecule has 2 aromatic carbocycles. The topological polar surface area (TPSA) is 47.6 Å². The third-order valence-corrected chi connectivity index (χ3v) is 3.42. The molecule has 0 aliphatic carbocycles. The first-order chi connectivity index (χ1) is 11.0. The highest BCUT2D eigenvalue weighted by atomic mass is 79.9. The first-order valence-corrected chi connectivity index (χ1v) is 7.54. The van der Waals surface area contributed by atoms with Crippen LogP contribution >= 0.6 is 27.5 Å². The van der Waals surface area contributed by atoms with Crippen LogP contribution in [0.15, 0.2) is 46.9 Å². The van der Waals surface area contributed by atoms with Crippen LogP contribution in [0.2, 0.25) is 5.02 Å². The lowest BCUT2D eigenvalue weighted by Gasteiger charge is -2.12. The minimum atomic E-state index is -2.98. The van der Waals surface area contributed by atoms with Gasteiger partial charge in [-0.05, 0) is 30.3 Å². The molecule has 1 amide bonds. The largest absolute Gasteiger partial charge is 0.482 e. The van der Waals surface area contributed by atoms with Gasteiger partial charge in [-0.3, -0.25) is 4.79 Å². The molecule has 0 unspecified atom stereocenters. The van der Waals surface area contributed by atoms with E-state index < -0.39 is 12.5 Å². The van der Waals surface area contributed by atoms with E-state index in [0.29, 0.717) is 10.8 Å². The summed E-state index contributed by atoms with van der Waals surface area (Å²) in [6, 6.07) is 10.8. The summed E-state index contributed by atoms with van der Waals surface area (Å²) < 4.78 is 35.0. The van der Waals surface area contributed by atoms with E-state index in [1.807, 2.05) is 0 Å². The number of halogens is 4. The number of para-hydroxylation sites is 2. The Morgan fingerprint density at radius 1 is 1.22 bits per heavy atom. The fourth-order valence-corrected chi connectivity index (χ4v) is 2.42. The SMILES string of the molecule is O=C(COc1ccc(Br)cc1Cl)Nc1ccccc1OC(F)F. The van der Waals surface area contributed by atoms with Gasteiger partial charge in [-0.15, -0.1) is 0 Å². The third-order valence-electron chi connectivity index (χ3n) is 2.63. The highest BCUT2D eigenvalue weighted by molar-refractivity contribution is 9.10. The van der Waals surface area contributed by atoms with E-state index in [9.17, 15) is 13.6 Å². The number of rotatable bonds is 6. The summed E-state index contributed by atoms with van der Waals surface area (Å²) in [6.07, 6.45) is 0. The van der Waals surface area contributed by atoms with Gasteiger partial charge in [-0.25, -0.2) is 0 Å². The third kappa shape index (κ3) is 5.37. The number of nitrogens with one attached hydrogen (secondary N) is 1. The molecule has 0 radical (unpaired) electrons. The van der Waals surface area contributed by atoms with Gasteiger partial charge in [0.25, 0.3) is 5.91 Å². The van der Waals surface area contributed by atoms with E-state index in [2.05, 4.69) is 26.0 Å². The van der Waals surface area contributed by atoms with E-state index >= 15 is 0 Å². The van der Waals surface area contributed by atoms with Gasteiger partial charge < -0.3 is 14.8 Å². The van der Waals surface area contributed by atoms with Crippen molar-refractivity contribution in [3.8, 4) is 11.5 Å². The van der Waals surface area contributed by atoms with Crippen molar-refractivity contribution >= 4 is 39.1 Å². The van der Waals surface area contributed by atoms with Crippen LogP contribution in [0, 0.1) is 0 Å². The average molecular weight is 407 g/mol. The molecule has 0 aliphatic rings. The predicted octanol–water partition coefficient (Wildman–Crippen LogP) is 4.72. The molecule has 0 fully saturated rings. The van der Waals surface area contributed by atoms with Crippen LogP contribution in [0.1, 0.15) is 0 Å². The molecule has 0 bridgehead atoms. The second-order valence-corrected chi connectivity index (χ2v) is 5.61. The molecule has 8 heteroatoms. The number of ether oxygens (including phenoxy) is 2. The Morgan fingerprint density at radius 3 is 2.65 bits per heavy atom. The number of alkyl halides is 2. The highest BCUT2D eigenvalue weighted by Crippen LogP contribution is 2.28. The van der Waals surface area contributed by atoms with Gasteiger partial charge in [0.1, 0.15) is 11.5 Å². The Kier molecular flexibility index (Phi) is 6.18. The molecule has 0 spiro atoms. The molecular formula is C15H11BrClF2NO3. The lowest BCUT2D eigenvalue weighted by Crippen LogP contribution is -2.21. The second-order valence-electron chi connectivity index (χ2n) is 4.29. The van der Waals surface area contributed by atoms with E-state index in [0.717, 1.165) is 4.47 Å². The summed E-state index contributed by atoms with van der Waals surface area (Å²) in [6.45, 7) is -3.31. The summed E-state index contributed by atoms with van der Waals surface area (Å²) in [5, 5.41) is 2.78. The minimum absolute atomic E-state index is 0.127. The maximum Gasteiger partial charge on any atom is 0.387 e. The van der Waals surface area contributed by atoms with Crippen LogP contribution < -0.4 is 14.8 Å². The minimum Gasteiger partial charge on any atom is -0.482 e. The molecule has 0 aromatic heterocycles. The summed E-state index contributed by atoms with van der Waals surface area (Å²) >= 11 is 9.22. The average Bonchev–Trinajstić information content (AvgIpc) is 2.48. The van der Waals surface area contributed by atoms with Crippen LogP contribution in [0.3, 0.4) is 0 Å². The Hall–Kier alpha value is -1.86. The number of hydrogen-bond donors (Lipinski definition) is 1. The molecule has 122 valence electrons. The number of carbonyl (C=O) groups is 1. The number of anilines is 1. The van der Waals surface area contributed by atoms with E-state index in [-0.39, 0.29) is 18.0 Å². The normalized spacial score (nSPS) is 10.5. The zero-order valence-corrected chi connectivity index (χ0v) is 13.9. The smallest absolute Gasteiger partial charge is 0.387 e. The monoisotopic (exact) mass is 405 g/mol. The van der Waals surface area contributed by atoms with Crippen molar-refractivity contribution in [2.24, 2.45) is 0 Å². The van der Waals surface area contributed by atoms with E-state index in [4.69, 9.17) is 16.3 Å². The second kappa shape index (κ2) is 8.12. The summed E-state index contributed by atoms with van der Waals surface area (Å²) in [5.74, 6) is -0.325. The summed E-state index contributed by atoms with van der Waals surface area (Å²) in [7, 11) is 0. The molecule has 0 aliphatic heterocycles. The molecule has 4 nitrogen and oxygen atoms in total. The van der Waals surface area contributed by atoms with Crippen molar-refractivity contribution in [1.29, 1.82) is 0 Å². The van der Waals surface area contributed by atoms with Crippen molar-refractivity contribution in [2.75, 3.05) is 11.9 Å². The number of carbonyl (C=O) groups excluding carboxylic acids is 1. The Bertz CT molecular complexity index is 700. The Labute approximate surface area is 144 Å². The van der Waals surface area contributed by atoms with Crippen molar-refractivity contribution < 1.29 is 23.0 Å². The van der Waals surface area contributed by atoms with Crippen LogP contribution in [0.4, 0.5) is 14.5 Å². The molecule has 23 heavy (non-hydrogen) atoms. The summed E-state index contributed by atoms with van der Waals surface area (Å²) in [4.78, 5) is 11.9. The number of benzene rings is 2. The van der Waals surface area contributed by atoms with Gasteiger partial charge in [-0.2, -0.15) is 8.78 Å². The lowest BCUT2D eigenvalue weighted by molar-refractivity contribution is -0.118. The number of hydrogen-bond acceptors (Lipinski definition) is 3. The van der Waals surface area contributed by atoms with Crippen molar-refractivity contribution in [3.63, 3.8) is 0 Å². The quantitative estimate of drug-likeness (QED) is 0.755. The molecule has 0 saturated heterocycles.